The molecule has 2 aromatic heterocycles. The van der Waals surface area contributed by atoms with Crippen LogP contribution in [0.4, 0.5) is 5.69 Å². The van der Waals surface area contributed by atoms with Crippen LogP contribution in [0.15, 0.2) is 11.0 Å². The van der Waals surface area contributed by atoms with Crippen LogP contribution in [0, 0.1) is 0 Å². The average Bonchev–Trinajstić information content (AvgIpc) is 2.88. The minimum Gasteiger partial charge on any atom is -0.397 e. The number of aromatic amines is 2. The second-order valence-electron chi connectivity index (χ2n) is 5.21. The van der Waals surface area contributed by atoms with Crippen LogP contribution in [0.3, 0.4) is 0 Å². The molecular formula is C13H17N5O2. The number of fused-ring (bicyclic) bond motifs is 1. The van der Waals surface area contributed by atoms with Gasteiger partial charge in [-0.25, -0.2) is 0 Å². The van der Waals surface area contributed by atoms with E-state index in [1.54, 1.807) is 0 Å². The SMILES string of the molecule is Nc1c(C(=O)NC2CCCCC2)c(=O)[nH]c2[nH]ncc12. The molecule has 0 aliphatic heterocycles. The maximum atomic E-state index is 12.3. The predicted molar refractivity (Wildman–Crippen MR) is 75.5 cm³/mol. The number of hydrogen-bond donors (Lipinski definition) is 4. The number of rotatable bonds is 2. The minimum atomic E-state index is -0.493. The molecule has 0 atom stereocenters. The topological polar surface area (TPSA) is 117 Å². The molecule has 7 nitrogen and oxygen atoms in total. The number of nitrogens with one attached hydrogen (secondary N) is 3. The molecule has 2 heterocycles. The van der Waals surface area contributed by atoms with Crippen molar-refractivity contribution in [2.75, 3.05) is 5.73 Å². The van der Waals surface area contributed by atoms with Crippen molar-refractivity contribution in [1.82, 2.24) is 20.5 Å². The second-order valence-corrected chi connectivity index (χ2v) is 5.21. The molecule has 1 aliphatic carbocycles. The number of nitrogen functional groups attached to an aromatic ring is 1. The molecule has 0 radical (unpaired) electrons. The summed E-state index contributed by atoms with van der Waals surface area (Å²) in [4.78, 5) is 26.9. The molecule has 0 aromatic carbocycles. The number of H-pyrrole nitrogens is 2. The molecular weight excluding hydrogens is 258 g/mol. The van der Waals surface area contributed by atoms with Gasteiger partial charge in [-0.3, -0.25) is 14.7 Å². The van der Waals surface area contributed by atoms with E-state index in [4.69, 9.17) is 5.73 Å². The molecule has 1 amide bonds. The zero-order chi connectivity index (χ0) is 14.1. The highest BCUT2D eigenvalue weighted by atomic mass is 16.2. The summed E-state index contributed by atoms with van der Waals surface area (Å²) in [7, 11) is 0. The summed E-state index contributed by atoms with van der Waals surface area (Å²) in [5, 5.41) is 9.90. The van der Waals surface area contributed by atoms with Crippen molar-refractivity contribution in [3.8, 4) is 0 Å². The third-order valence-corrected chi connectivity index (χ3v) is 3.83. The molecule has 0 bridgehead atoms. The van der Waals surface area contributed by atoms with Gasteiger partial charge in [0.2, 0.25) is 0 Å². The highest BCUT2D eigenvalue weighted by molar-refractivity contribution is 6.05. The van der Waals surface area contributed by atoms with Crippen molar-refractivity contribution < 1.29 is 4.79 Å². The molecule has 7 heteroatoms. The molecule has 20 heavy (non-hydrogen) atoms. The van der Waals surface area contributed by atoms with Crippen LogP contribution in [0.5, 0.6) is 0 Å². The van der Waals surface area contributed by atoms with Crippen molar-refractivity contribution in [2.24, 2.45) is 0 Å². The molecule has 0 unspecified atom stereocenters. The predicted octanol–water partition coefficient (Wildman–Crippen LogP) is 0.896. The first kappa shape index (κ1) is 12.7. The van der Waals surface area contributed by atoms with Gasteiger partial charge in [-0.05, 0) is 12.8 Å². The molecule has 2 aromatic rings. The first-order valence-electron chi connectivity index (χ1n) is 6.82. The number of nitrogens with zero attached hydrogens (tertiary/aromatic N) is 1. The lowest BCUT2D eigenvalue weighted by atomic mass is 9.95. The van der Waals surface area contributed by atoms with Gasteiger partial charge >= 0.3 is 0 Å². The molecule has 0 saturated heterocycles. The standard InChI is InChI=1S/C13H17N5O2/c14-10-8-6-15-18-11(8)17-13(20)9(10)12(19)16-7-4-2-1-3-5-7/h6-7H,1-5H2,(H,16,19)(H4,14,15,17,18,20). The number of carbonyl (C=O) groups is 1. The van der Waals surface area contributed by atoms with Crippen LogP contribution in [0.25, 0.3) is 11.0 Å². The molecule has 5 N–H and O–H groups in total. The van der Waals surface area contributed by atoms with E-state index in [-0.39, 0.29) is 17.3 Å². The zero-order valence-electron chi connectivity index (χ0n) is 11.0. The average molecular weight is 275 g/mol. The lowest BCUT2D eigenvalue weighted by Gasteiger charge is -2.22. The Morgan fingerprint density at radius 3 is 2.85 bits per heavy atom. The van der Waals surface area contributed by atoms with Gasteiger partial charge in [0.15, 0.2) is 0 Å². The van der Waals surface area contributed by atoms with Crippen molar-refractivity contribution >= 4 is 22.6 Å². The number of anilines is 1. The van der Waals surface area contributed by atoms with Crippen LogP contribution in [0.1, 0.15) is 42.5 Å². The number of nitrogens with two attached hydrogens (primary N) is 1. The van der Waals surface area contributed by atoms with E-state index in [1.165, 1.54) is 12.6 Å². The van der Waals surface area contributed by atoms with Crippen LogP contribution in [0.2, 0.25) is 0 Å². The van der Waals surface area contributed by atoms with E-state index < -0.39 is 11.5 Å². The van der Waals surface area contributed by atoms with Gasteiger partial charge in [0, 0.05) is 6.04 Å². The summed E-state index contributed by atoms with van der Waals surface area (Å²) >= 11 is 0. The maximum absolute atomic E-state index is 12.3. The number of hydrogen-bond acceptors (Lipinski definition) is 4. The zero-order valence-corrected chi connectivity index (χ0v) is 11.0. The summed E-state index contributed by atoms with van der Waals surface area (Å²) in [6.45, 7) is 0. The fourth-order valence-corrected chi connectivity index (χ4v) is 2.75. The first-order chi connectivity index (χ1) is 9.66. The van der Waals surface area contributed by atoms with Crippen molar-refractivity contribution in [1.29, 1.82) is 0 Å². The highest BCUT2D eigenvalue weighted by Crippen LogP contribution is 2.20. The number of carbonyl (C=O) groups excluding carboxylic acids is 1. The number of amides is 1. The summed E-state index contributed by atoms with van der Waals surface area (Å²) in [5.41, 5.74) is 6.02. The van der Waals surface area contributed by atoms with Crippen LogP contribution >= 0.6 is 0 Å². The molecule has 106 valence electrons. The Morgan fingerprint density at radius 2 is 2.10 bits per heavy atom. The molecule has 0 spiro atoms. The van der Waals surface area contributed by atoms with Gasteiger partial charge in [-0.1, -0.05) is 19.3 Å². The quantitative estimate of drug-likeness (QED) is 0.651. The molecule has 1 fully saturated rings. The Morgan fingerprint density at radius 1 is 1.35 bits per heavy atom. The van der Waals surface area contributed by atoms with E-state index in [1.807, 2.05) is 0 Å². The number of pyridine rings is 1. The van der Waals surface area contributed by atoms with Gasteiger partial charge in [0.05, 0.1) is 17.3 Å². The molecule has 3 rings (SSSR count). The van der Waals surface area contributed by atoms with Crippen LogP contribution in [-0.4, -0.2) is 27.1 Å². The molecule has 1 aliphatic rings. The van der Waals surface area contributed by atoms with Gasteiger partial charge in [0.25, 0.3) is 11.5 Å². The van der Waals surface area contributed by atoms with Crippen molar-refractivity contribution in [3.05, 3.63) is 22.1 Å². The van der Waals surface area contributed by atoms with E-state index in [2.05, 4.69) is 20.5 Å². The van der Waals surface area contributed by atoms with Crippen molar-refractivity contribution in [3.63, 3.8) is 0 Å². The lowest BCUT2D eigenvalue weighted by molar-refractivity contribution is 0.0927. The van der Waals surface area contributed by atoms with Crippen LogP contribution < -0.4 is 16.6 Å². The fraction of sp³-hybridized carbons (Fsp3) is 0.462. The Balaban J connectivity index is 1.92. The lowest BCUT2D eigenvalue weighted by Crippen LogP contribution is -2.39. The van der Waals surface area contributed by atoms with Gasteiger partial charge in [-0.15, -0.1) is 0 Å². The normalized spacial score (nSPS) is 16.4. The first-order valence-corrected chi connectivity index (χ1v) is 6.82. The van der Waals surface area contributed by atoms with E-state index in [0.717, 1.165) is 25.7 Å². The number of aromatic nitrogens is 3. The summed E-state index contributed by atoms with van der Waals surface area (Å²) in [6.07, 6.45) is 6.83. The van der Waals surface area contributed by atoms with Gasteiger partial charge < -0.3 is 16.0 Å². The smallest absolute Gasteiger partial charge is 0.264 e. The largest absolute Gasteiger partial charge is 0.397 e. The third-order valence-electron chi connectivity index (χ3n) is 3.83. The summed E-state index contributed by atoms with van der Waals surface area (Å²) in [6, 6.07) is 0.134. The Bertz CT molecular complexity index is 696. The summed E-state index contributed by atoms with van der Waals surface area (Å²) < 4.78 is 0. The highest BCUT2D eigenvalue weighted by Gasteiger charge is 2.22. The second kappa shape index (κ2) is 4.99. The fourth-order valence-electron chi connectivity index (χ4n) is 2.75. The monoisotopic (exact) mass is 275 g/mol. The maximum Gasteiger partial charge on any atom is 0.264 e. The van der Waals surface area contributed by atoms with Gasteiger partial charge in [-0.2, -0.15) is 5.10 Å². The van der Waals surface area contributed by atoms with E-state index in [9.17, 15) is 9.59 Å². The van der Waals surface area contributed by atoms with E-state index in [0.29, 0.717) is 11.0 Å². The Kier molecular flexibility index (Phi) is 3.17. The Labute approximate surface area is 114 Å². The van der Waals surface area contributed by atoms with Gasteiger partial charge in [0.1, 0.15) is 11.2 Å². The third kappa shape index (κ3) is 2.15. The Hall–Kier alpha value is -2.31. The van der Waals surface area contributed by atoms with Crippen LogP contribution in [-0.2, 0) is 0 Å². The summed E-state index contributed by atoms with van der Waals surface area (Å²) in [5.74, 6) is -0.404. The van der Waals surface area contributed by atoms with Crippen molar-refractivity contribution in [2.45, 2.75) is 38.1 Å². The van der Waals surface area contributed by atoms with E-state index >= 15 is 0 Å². The molecule has 1 saturated carbocycles. The minimum absolute atomic E-state index is 0.0236.